The molecule has 1 N–H and O–H groups in total. The fourth-order valence-corrected chi connectivity index (χ4v) is 2.06. The zero-order valence-electron chi connectivity index (χ0n) is 10.7. The smallest absolute Gasteiger partial charge is 0.387 e. The van der Waals surface area contributed by atoms with E-state index in [1.807, 2.05) is 6.92 Å². The van der Waals surface area contributed by atoms with Crippen LogP contribution in [0.25, 0.3) is 0 Å². The third-order valence-corrected chi connectivity index (χ3v) is 3.35. The highest BCUT2D eigenvalue weighted by Crippen LogP contribution is 2.19. The molecule has 0 saturated heterocycles. The number of terminal acetylenes is 1. The highest BCUT2D eigenvalue weighted by molar-refractivity contribution is 7.99. The van der Waals surface area contributed by atoms with Gasteiger partial charge in [-0.1, -0.05) is 18.1 Å². The lowest BCUT2D eigenvalue weighted by molar-refractivity contribution is -0.0498. The molecule has 0 aromatic heterocycles. The molecule has 1 aromatic rings. The van der Waals surface area contributed by atoms with Gasteiger partial charge in [0, 0.05) is 18.3 Å². The molecule has 19 heavy (non-hydrogen) atoms. The molecule has 2 nitrogen and oxygen atoms in total. The van der Waals surface area contributed by atoms with Gasteiger partial charge in [-0.3, -0.25) is 0 Å². The highest BCUT2D eigenvalue weighted by atomic mass is 32.2. The molecule has 0 radical (unpaired) electrons. The molecule has 0 spiro atoms. The van der Waals surface area contributed by atoms with Crippen LogP contribution in [0.5, 0.6) is 5.75 Å². The number of hydrogen-bond donors (Lipinski definition) is 1. The summed E-state index contributed by atoms with van der Waals surface area (Å²) in [6.45, 7) is 0.0898. The van der Waals surface area contributed by atoms with E-state index in [2.05, 4.69) is 16.0 Å². The summed E-state index contributed by atoms with van der Waals surface area (Å²) in [6, 6.07) is 6.82. The summed E-state index contributed by atoms with van der Waals surface area (Å²) < 4.78 is 28.3. The van der Waals surface area contributed by atoms with E-state index in [9.17, 15) is 8.78 Å². The molecule has 1 atom stereocenters. The lowest BCUT2D eigenvalue weighted by Crippen LogP contribution is -2.21. The molecule has 0 heterocycles. The van der Waals surface area contributed by atoms with Crippen molar-refractivity contribution in [1.29, 1.82) is 0 Å². The van der Waals surface area contributed by atoms with E-state index < -0.39 is 6.61 Å². The van der Waals surface area contributed by atoms with E-state index in [1.165, 1.54) is 0 Å². The molecule has 1 unspecified atom stereocenters. The van der Waals surface area contributed by atoms with E-state index in [0.29, 0.717) is 0 Å². The fraction of sp³-hybridized carbons (Fsp3) is 0.429. The Labute approximate surface area is 116 Å². The summed E-state index contributed by atoms with van der Waals surface area (Å²) >= 11 is 1.70. The summed E-state index contributed by atoms with van der Waals surface area (Å²) in [7, 11) is 0. The monoisotopic (exact) mass is 285 g/mol. The second-order valence-corrected chi connectivity index (χ2v) is 4.99. The van der Waals surface area contributed by atoms with Crippen LogP contribution >= 0.6 is 11.8 Å². The van der Waals surface area contributed by atoms with Crippen molar-refractivity contribution in [2.24, 2.45) is 0 Å². The Morgan fingerprint density at radius 2 is 2.05 bits per heavy atom. The Balaban J connectivity index is 2.36. The molecule has 0 amide bonds. The second kappa shape index (κ2) is 8.78. The first-order chi connectivity index (χ1) is 9.13. The first kappa shape index (κ1) is 15.8. The molecule has 0 fully saturated rings. The van der Waals surface area contributed by atoms with Crippen LogP contribution in [-0.4, -0.2) is 24.7 Å². The average molecular weight is 285 g/mol. The van der Waals surface area contributed by atoms with Crippen LogP contribution < -0.4 is 10.1 Å². The van der Waals surface area contributed by atoms with Crippen LogP contribution in [0.3, 0.4) is 0 Å². The molecule has 1 aromatic carbocycles. The van der Waals surface area contributed by atoms with Gasteiger partial charge in [0.15, 0.2) is 0 Å². The fourth-order valence-electron chi connectivity index (χ4n) is 1.53. The number of benzene rings is 1. The quantitative estimate of drug-likeness (QED) is 0.585. The lowest BCUT2D eigenvalue weighted by atomic mass is 10.1. The van der Waals surface area contributed by atoms with Crippen molar-refractivity contribution in [2.45, 2.75) is 19.6 Å². The Morgan fingerprint density at radius 1 is 1.37 bits per heavy atom. The third kappa shape index (κ3) is 6.46. The van der Waals surface area contributed by atoms with Gasteiger partial charge in [-0.05, 0) is 24.6 Å². The minimum absolute atomic E-state index is 0.159. The van der Waals surface area contributed by atoms with Gasteiger partial charge in [0.25, 0.3) is 0 Å². The summed E-state index contributed by atoms with van der Waals surface area (Å²) in [4.78, 5) is 0. The average Bonchev–Trinajstić information content (AvgIpc) is 2.38. The normalized spacial score (nSPS) is 12.2. The minimum Gasteiger partial charge on any atom is -0.435 e. The maximum atomic E-state index is 12.0. The van der Waals surface area contributed by atoms with E-state index in [4.69, 9.17) is 6.42 Å². The number of thioether (sulfide) groups is 1. The number of halogens is 2. The third-order valence-electron chi connectivity index (χ3n) is 2.49. The van der Waals surface area contributed by atoms with Crippen molar-refractivity contribution in [3.8, 4) is 18.1 Å². The van der Waals surface area contributed by atoms with Crippen LogP contribution in [0, 0.1) is 12.3 Å². The van der Waals surface area contributed by atoms with Gasteiger partial charge >= 0.3 is 6.61 Å². The van der Waals surface area contributed by atoms with Crippen molar-refractivity contribution < 1.29 is 13.5 Å². The number of alkyl halides is 2. The Morgan fingerprint density at radius 3 is 2.63 bits per heavy atom. The number of hydrogen-bond acceptors (Lipinski definition) is 3. The Bertz CT molecular complexity index is 403. The zero-order chi connectivity index (χ0) is 14.1. The number of nitrogens with one attached hydrogen (secondary N) is 1. The summed E-state index contributed by atoms with van der Waals surface area (Å²) in [5.74, 6) is 4.41. The molecule has 0 aliphatic heterocycles. The van der Waals surface area contributed by atoms with Crippen molar-refractivity contribution in [3.05, 3.63) is 29.8 Å². The molecule has 0 aliphatic carbocycles. The molecule has 0 aliphatic rings. The van der Waals surface area contributed by atoms with Gasteiger partial charge in [-0.15, -0.1) is 18.2 Å². The molecular formula is C14H17F2NOS. The van der Waals surface area contributed by atoms with E-state index in [0.717, 1.165) is 23.6 Å². The predicted molar refractivity (Wildman–Crippen MR) is 75.6 cm³/mol. The Kier molecular flexibility index (Phi) is 7.31. The lowest BCUT2D eigenvalue weighted by Gasteiger charge is -2.14. The maximum absolute atomic E-state index is 12.0. The molecule has 1 rings (SSSR count). The van der Waals surface area contributed by atoms with Gasteiger partial charge < -0.3 is 10.1 Å². The maximum Gasteiger partial charge on any atom is 0.387 e. The van der Waals surface area contributed by atoms with Gasteiger partial charge in [0.1, 0.15) is 5.75 Å². The number of ether oxygens (including phenoxy) is 1. The topological polar surface area (TPSA) is 21.3 Å². The largest absolute Gasteiger partial charge is 0.435 e. The minimum atomic E-state index is -2.78. The zero-order valence-corrected chi connectivity index (χ0v) is 11.6. The molecule has 5 heteroatoms. The van der Waals surface area contributed by atoms with Crippen molar-refractivity contribution in [2.75, 3.05) is 18.1 Å². The Hall–Kier alpha value is -1.25. The van der Waals surface area contributed by atoms with E-state index >= 15 is 0 Å². The first-order valence-corrected chi connectivity index (χ1v) is 7.08. The highest BCUT2D eigenvalue weighted by Gasteiger charge is 2.07. The summed E-state index contributed by atoms with van der Waals surface area (Å²) in [6.07, 6.45) is 5.15. The first-order valence-electron chi connectivity index (χ1n) is 5.93. The van der Waals surface area contributed by atoms with Crippen LogP contribution in [0.1, 0.15) is 18.5 Å². The van der Waals surface area contributed by atoms with Gasteiger partial charge in [-0.25, -0.2) is 0 Å². The van der Waals surface area contributed by atoms with Crippen molar-refractivity contribution in [3.63, 3.8) is 0 Å². The van der Waals surface area contributed by atoms with Crippen LogP contribution in [0.4, 0.5) is 8.78 Å². The molecule has 104 valence electrons. The van der Waals surface area contributed by atoms with E-state index in [-0.39, 0.29) is 11.8 Å². The summed E-state index contributed by atoms with van der Waals surface area (Å²) in [5.41, 5.74) is 1.03. The van der Waals surface area contributed by atoms with Crippen LogP contribution in [-0.2, 0) is 0 Å². The van der Waals surface area contributed by atoms with Gasteiger partial charge in [-0.2, -0.15) is 8.78 Å². The van der Waals surface area contributed by atoms with Crippen molar-refractivity contribution >= 4 is 11.8 Å². The molecule has 0 bridgehead atoms. The van der Waals surface area contributed by atoms with Crippen molar-refractivity contribution in [1.82, 2.24) is 5.32 Å². The molecular weight excluding hydrogens is 268 g/mol. The van der Waals surface area contributed by atoms with E-state index in [1.54, 1.807) is 36.0 Å². The number of rotatable bonds is 8. The predicted octanol–water partition coefficient (Wildman–Crippen LogP) is 3.31. The molecule has 0 saturated carbocycles. The standard InChI is InChI=1S/C14H17F2NOS/c1-3-9-19-10-8-17-11(2)12-4-6-13(7-5-12)18-14(15)16/h1,4-7,11,14,17H,8-10H2,2H3. The SMILES string of the molecule is C#CCSCCNC(C)c1ccc(OC(F)F)cc1. The van der Waals surface area contributed by atoms with Gasteiger partial charge in [0.2, 0.25) is 0 Å². The second-order valence-electron chi connectivity index (χ2n) is 3.88. The van der Waals surface area contributed by atoms with Crippen LogP contribution in [0.2, 0.25) is 0 Å². The van der Waals surface area contributed by atoms with Crippen LogP contribution in [0.15, 0.2) is 24.3 Å². The van der Waals surface area contributed by atoms with Gasteiger partial charge in [0.05, 0.1) is 5.75 Å². The summed E-state index contributed by atoms with van der Waals surface area (Å²) in [5, 5.41) is 3.34.